The first-order valence-electron chi connectivity index (χ1n) is 12.8. The van der Waals surface area contributed by atoms with Crippen LogP contribution >= 0.6 is 11.6 Å². The molecule has 184 valence electrons. The molecule has 0 aliphatic carbocycles. The van der Waals surface area contributed by atoms with Crippen molar-refractivity contribution in [3.8, 4) is 44.8 Å². The van der Waals surface area contributed by atoms with E-state index in [1.807, 2.05) is 18.3 Å². The lowest BCUT2D eigenvalue weighted by Crippen LogP contribution is -1.93. The van der Waals surface area contributed by atoms with Crippen LogP contribution < -0.4 is 0 Å². The standard InChI is InChI=1S/C35H22ClN3/c36-35-38-33(21-34(39-35)32-20-27-6-1-2-8-29(27)30-9-3-4-10-31(30)32)26-17-15-24(16-18-26)23-11-13-25(14-12-23)28-7-5-19-37-22-28/h1-22H. The van der Waals surface area contributed by atoms with Gasteiger partial charge >= 0.3 is 0 Å². The molecule has 3 nitrogen and oxygen atoms in total. The first kappa shape index (κ1) is 23.3. The molecule has 2 heterocycles. The Labute approximate surface area is 231 Å². The predicted molar refractivity (Wildman–Crippen MR) is 162 cm³/mol. The van der Waals surface area contributed by atoms with Gasteiger partial charge in [-0.1, -0.05) is 103 Å². The third-order valence-electron chi connectivity index (χ3n) is 7.14. The van der Waals surface area contributed by atoms with E-state index in [0.29, 0.717) is 0 Å². The predicted octanol–water partition coefficient (Wildman–Crippen LogP) is 9.50. The van der Waals surface area contributed by atoms with Crippen molar-refractivity contribution in [2.24, 2.45) is 0 Å². The Kier molecular flexibility index (Phi) is 5.84. The van der Waals surface area contributed by atoms with Gasteiger partial charge in [0.25, 0.3) is 0 Å². The van der Waals surface area contributed by atoms with Gasteiger partial charge in [0.15, 0.2) is 0 Å². The van der Waals surface area contributed by atoms with Gasteiger partial charge in [-0.3, -0.25) is 4.98 Å². The Morgan fingerprint density at radius 2 is 1.05 bits per heavy atom. The Bertz CT molecular complexity index is 1950. The van der Waals surface area contributed by atoms with Crippen molar-refractivity contribution in [1.82, 2.24) is 15.0 Å². The lowest BCUT2D eigenvalue weighted by atomic mass is 9.95. The SMILES string of the molecule is Clc1nc(-c2ccc(-c3ccc(-c4cccnc4)cc3)cc2)cc(-c2cc3ccccc3c3ccccc23)n1. The van der Waals surface area contributed by atoms with E-state index in [1.54, 1.807) is 6.20 Å². The number of hydrogen-bond acceptors (Lipinski definition) is 3. The first-order valence-corrected chi connectivity index (χ1v) is 13.2. The van der Waals surface area contributed by atoms with Crippen LogP contribution in [-0.4, -0.2) is 15.0 Å². The summed E-state index contributed by atoms with van der Waals surface area (Å²) in [7, 11) is 0. The van der Waals surface area contributed by atoms with Crippen LogP contribution in [0, 0.1) is 0 Å². The second-order valence-corrected chi connectivity index (χ2v) is 9.83. The highest BCUT2D eigenvalue weighted by atomic mass is 35.5. The van der Waals surface area contributed by atoms with E-state index in [0.717, 1.165) is 50.2 Å². The molecule has 0 bridgehead atoms. The molecule has 0 saturated carbocycles. The highest BCUT2D eigenvalue weighted by Gasteiger charge is 2.13. The first-order chi connectivity index (χ1) is 19.2. The van der Waals surface area contributed by atoms with Crippen molar-refractivity contribution in [3.05, 3.63) is 139 Å². The zero-order chi connectivity index (χ0) is 26.2. The topological polar surface area (TPSA) is 38.7 Å². The average Bonchev–Trinajstić information content (AvgIpc) is 3.01. The zero-order valence-electron chi connectivity index (χ0n) is 20.9. The molecule has 0 aliphatic heterocycles. The fraction of sp³-hybridized carbons (Fsp3) is 0. The Balaban J connectivity index is 1.25. The van der Waals surface area contributed by atoms with E-state index in [1.165, 1.54) is 16.2 Å². The van der Waals surface area contributed by atoms with Crippen LogP contribution in [0.15, 0.2) is 134 Å². The lowest BCUT2D eigenvalue weighted by Gasteiger charge is -2.12. The average molecular weight is 520 g/mol. The smallest absolute Gasteiger partial charge is 0.223 e. The molecule has 39 heavy (non-hydrogen) atoms. The van der Waals surface area contributed by atoms with E-state index in [9.17, 15) is 0 Å². The van der Waals surface area contributed by atoms with E-state index in [4.69, 9.17) is 11.6 Å². The highest BCUT2D eigenvalue weighted by molar-refractivity contribution is 6.28. The van der Waals surface area contributed by atoms with Crippen molar-refractivity contribution < 1.29 is 0 Å². The zero-order valence-corrected chi connectivity index (χ0v) is 21.7. The molecule has 0 saturated heterocycles. The Morgan fingerprint density at radius 3 is 1.74 bits per heavy atom. The number of halogens is 1. The molecule has 4 heteroatoms. The molecule has 0 unspecified atom stereocenters. The molecule has 7 aromatic rings. The molecule has 0 amide bonds. The minimum absolute atomic E-state index is 0.231. The van der Waals surface area contributed by atoms with Gasteiger partial charge in [-0.25, -0.2) is 9.97 Å². The molecule has 0 atom stereocenters. The molecule has 0 aliphatic rings. The Hall–Kier alpha value is -4.86. The van der Waals surface area contributed by atoms with Crippen molar-refractivity contribution in [2.75, 3.05) is 0 Å². The normalized spacial score (nSPS) is 11.2. The van der Waals surface area contributed by atoms with Gasteiger partial charge in [0.2, 0.25) is 5.28 Å². The maximum absolute atomic E-state index is 6.49. The number of pyridine rings is 1. The summed E-state index contributed by atoms with van der Waals surface area (Å²) in [5.74, 6) is 0. The van der Waals surface area contributed by atoms with Gasteiger partial charge in [0.05, 0.1) is 11.4 Å². The van der Waals surface area contributed by atoms with Crippen LogP contribution in [0.2, 0.25) is 5.28 Å². The number of hydrogen-bond donors (Lipinski definition) is 0. The molecule has 0 N–H and O–H groups in total. The number of fused-ring (bicyclic) bond motifs is 3. The largest absolute Gasteiger partial charge is 0.264 e. The number of benzene rings is 5. The Morgan fingerprint density at radius 1 is 0.462 bits per heavy atom. The molecule has 7 rings (SSSR count). The molecule has 5 aromatic carbocycles. The summed E-state index contributed by atoms with van der Waals surface area (Å²) in [5, 5.41) is 4.96. The van der Waals surface area contributed by atoms with Gasteiger partial charge in [0.1, 0.15) is 0 Å². The second kappa shape index (κ2) is 9.79. The van der Waals surface area contributed by atoms with Crippen molar-refractivity contribution >= 4 is 33.1 Å². The summed E-state index contributed by atoms with van der Waals surface area (Å²) in [6.07, 6.45) is 3.67. The van der Waals surface area contributed by atoms with E-state index < -0.39 is 0 Å². The van der Waals surface area contributed by atoms with Crippen molar-refractivity contribution in [3.63, 3.8) is 0 Å². The summed E-state index contributed by atoms with van der Waals surface area (Å²) < 4.78 is 0. The van der Waals surface area contributed by atoms with Gasteiger partial charge in [-0.15, -0.1) is 0 Å². The monoisotopic (exact) mass is 519 g/mol. The van der Waals surface area contributed by atoms with Gasteiger partial charge < -0.3 is 0 Å². The molecule has 0 fully saturated rings. The fourth-order valence-corrected chi connectivity index (χ4v) is 5.37. The number of aromatic nitrogens is 3. The quantitative estimate of drug-likeness (QED) is 0.172. The van der Waals surface area contributed by atoms with Crippen LogP contribution in [0.25, 0.3) is 66.3 Å². The summed E-state index contributed by atoms with van der Waals surface area (Å²) in [4.78, 5) is 13.4. The highest BCUT2D eigenvalue weighted by Crippen LogP contribution is 2.36. The maximum Gasteiger partial charge on any atom is 0.223 e. The van der Waals surface area contributed by atoms with Crippen LogP contribution in [0.5, 0.6) is 0 Å². The molecular weight excluding hydrogens is 498 g/mol. The minimum Gasteiger partial charge on any atom is -0.264 e. The van der Waals surface area contributed by atoms with Gasteiger partial charge in [-0.05, 0) is 73.6 Å². The summed E-state index contributed by atoms with van der Waals surface area (Å²) >= 11 is 6.49. The molecule has 0 spiro atoms. The lowest BCUT2D eigenvalue weighted by molar-refractivity contribution is 1.18. The summed E-state index contributed by atoms with van der Waals surface area (Å²) in [6.45, 7) is 0. The van der Waals surface area contributed by atoms with Crippen molar-refractivity contribution in [1.29, 1.82) is 0 Å². The van der Waals surface area contributed by atoms with E-state index in [2.05, 4.69) is 124 Å². The number of rotatable bonds is 4. The second-order valence-electron chi connectivity index (χ2n) is 9.49. The van der Waals surface area contributed by atoms with Crippen LogP contribution in [0.1, 0.15) is 0 Å². The molecule has 2 aromatic heterocycles. The van der Waals surface area contributed by atoms with Gasteiger partial charge in [0, 0.05) is 23.5 Å². The van der Waals surface area contributed by atoms with Crippen LogP contribution in [-0.2, 0) is 0 Å². The third-order valence-corrected chi connectivity index (χ3v) is 7.31. The van der Waals surface area contributed by atoms with Crippen LogP contribution in [0.3, 0.4) is 0 Å². The number of nitrogens with zero attached hydrogens (tertiary/aromatic N) is 3. The molecular formula is C35H22ClN3. The van der Waals surface area contributed by atoms with Crippen molar-refractivity contribution in [2.45, 2.75) is 0 Å². The maximum atomic E-state index is 6.49. The fourth-order valence-electron chi connectivity index (χ4n) is 5.19. The molecule has 0 radical (unpaired) electrons. The van der Waals surface area contributed by atoms with Crippen LogP contribution in [0.4, 0.5) is 0 Å². The van der Waals surface area contributed by atoms with E-state index in [-0.39, 0.29) is 5.28 Å². The minimum atomic E-state index is 0.231. The van der Waals surface area contributed by atoms with E-state index >= 15 is 0 Å². The van der Waals surface area contributed by atoms with Gasteiger partial charge in [-0.2, -0.15) is 0 Å². The summed E-state index contributed by atoms with van der Waals surface area (Å²) in [5.41, 5.74) is 8.17. The summed E-state index contributed by atoms with van der Waals surface area (Å²) in [6, 6.07) is 42.1. The third kappa shape index (κ3) is 4.43.